The van der Waals surface area contributed by atoms with Gasteiger partial charge in [-0.3, -0.25) is 4.99 Å². The maximum Gasteiger partial charge on any atom is 0.191 e. The molecule has 0 saturated heterocycles. The van der Waals surface area contributed by atoms with Crippen molar-refractivity contribution in [3.63, 3.8) is 0 Å². The molecule has 1 aliphatic carbocycles. The lowest BCUT2D eigenvalue weighted by Crippen LogP contribution is -2.37. The normalized spacial score (nSPS) is 15.5. The zero-order valence-corrected chi connectivity index (χ0v) is 15.0. The lowest BCUT2D eigenvalue weighted by atomic mass is 10.2. The predicted molar refractivity (Wildman–Crippen MR) is 98.6 cm³/mol. The van der Waals surface area contributed by atoms with E-state index in [4.69, 9.17) is 9.47 Å². The molecule has 134 valence electrons. The van der Waals surface area contributed by atoms with Crippen molar-refractivity contribution in [3.05, 3.63) is 29.8 Å². The largest absolute Gasteiger partial charge is 0.490 e. The van der Waals surface area contributed by atoms with E-state index in [9.17, 15) is 0 Å². The van der Waals surface area contributed by atoms with Gasteiger partial charge in [0, 0.05) is 38.9 Å². The number of para-hydroxylation sites is 1. The Balaban J connectivity index is 1.79. The summed E-state index contributed by atoms with van der Waals surface area (Å²) in [5.41, 5.74) is 1.17. The van der Waals surface area contributed by atoms with Gasteiger partial charge >= 0.3 is 0 Å². The monoisotopic (exact) mass is 333 g/mol. The van der Waals surface area contributed by atoms with Crippen LogP contribution in [-0.4, -0.2) is 38.9 Å². The Hall–Kier alpha value is -1.75. The van der Waals surface area contributed by atoms with Gasteiger partial charge in [-0.15, -0.1) is 0 Å². The fourth-order valence-electron chi connectivity index (χ4n) is 2.88. The Bertz CT molecular complexity index is 499. The number of hydrogen-bond acceptors (Lipinski definition) is 3. The van der Waals surface area contributed by atoms with Gasteiger partial charge in [-0.2, -0.15) is 0 Å². The molecule has 0 radical (unpaired) electrons. The molecule has 1 aromatic rings. The SMILES string of the molecule is CCOCCCNC(=NC)NCc1ccccc1OC1CCCC1. The first kappa shape index (κ1) is 18.6. The molecule has 1 fully saturated rings. The lowest BCUT2D eigenvalue weighted by molar-refractivity contribution is 0.145. The molecule has 24 heavy (non-hydrogen) atoms. The van der Waals surface area contributed by atoms with Crippen molar-refractivity contribution < 1.29 is 9.47 Å². The van der Waals surface area contributed by atoms with Gasteiger partial charge in [0.25, 0.3) is 0 Å². The van der Waals surface area contributed by atoms with Gasteiger partial charge in [-0.25, -0.2) is 0 Å². The minimum absolute atomic E-state index is 0.377. The van der Waals surface area contributed by atoms with Gasteiger partial charge in [0.1, 0.15) is 5.75 Å². The highest BCUT2D eigenvalue weighted by molar-refractivity contribution is 5.79. The van der Waals surface area contributed by atoms with Gasteiger partial charge < -0.3 is 20.1 Å². The summed E-state index contributed by atoms with van der Waals surface area (Å²) in [5.74, 6) is 1.80. The molecule has 1 aliphatic rings. The molecule has 0 aliphatic heterocycles. The first-order valence-electron chi connectivity index (χ1n) is 9.10. The number of hydrogen-bond donors (Lipinski definition) is 2. The average Bonchev–Trinajstić information content (AvgIpc) is 3.11. The zero-order valence-electron chi connectivity index (χ0n) is 15.0. The van der Waals surface area contributed by atoms with Crippen LogP contribution in [0.25, 0.3) is 0 Å². The van der Waals surface area contributed by atoms with Crippen molar-refractivity contribution >= 4 is 5.96 Å². The Labute approximate surface area is 145 Å². The van der Waals surface area contributed by atoms with Crippen LogP contribution in [0.2, 0.25) is 0 Å². The number of guanidine groups is 1. The molecule has 1 aromatic carbocycles. The molecule has 0 atom stereocenters. The summed E-state index contributed by atoms with van der Waals surface area (Å²) < 4.78 is 11.5. The highest BCUT2D eigenvalue weighted by Gasteiger charge is 2.17. The van der Waals surface area contributed by atoms with Gasteiger partial charge in [0.05, 0.1) is 6.10 Å². The van der Waals surface area contributed by atoms with Crippen molar-refractivity contribution in [2.75, 3.05) is 26.8 Å². The highest BCUT2D eigenvalue weighted by Crippen LogP contribution is 2.26. The van der Waals surface area contributed by atoms with Crippen LogP contribution in [0.3, 0.4) is 0 Å². The summed E-state index contributed by atoms with van der Waals surface area (Å²) in [5, 5.41) is 6.67. The van der Waals surface area contributed by atoms with Crippen LogP contribution in [-0.2, 0) is 11.3 Å². The quantitative estimate of drug-likeness (QED) is 0.414. The average molecular weight is 333 g/mol. The van der Waals surface area contributed by atoms with E-state index in [1.54, 1.807) is 7.05 Å². The van der Waals surface area contributed by atoms with Crippen molar-refractivity contribution in [2.45, 2.75) is 51.7 Å². The Morgan fingerprint density at radius 3 is 2.75 bits per heavy atom. The molecule has 0 spiro atoms. The third-order valence-electron chi connectivity index (χ3n) is 4.20. The summed E-state index contributed by atoms with van der Waals surface area (Å²) in [4.78, 5) is 4.27. The van der Waals surface area contributed by atoms with E-state index in [2.05, 4.69) is 33.8 Å². The maximum atomic E-state index is 6.18. The maximum absolute atomic E-state index is 6.18. The molecule has 0 unspecified atom stereocenters. The fraction of sp³-hybridized carbons (Fsp3) is 0.632. The number of benzene rings is 1. The van der Waals surface area contributed by atoms with Gasteiger partial charge in [0.2, 0.25) is 0 Å². The number of nitrogens with one attached hydrogen (secondary N) is 2. The third-order valence-corrected chi connectivity index (χ3v) is 4.20. The first-order valence-corrected chi connectivity index (χ1v) is 9.10. The van der Waals surface area contributed by atoms with Crippen molar-refractivity contribution in [1.82, 2.24) is 10.6 Å². The topological polar surface area (TPSA) is 54.9 Å². The van der Waals surface area contributed by atoms with E-state index in [-0.39, 0.29) is 0 Å². The summed E-state index contributed by atoms with van der Waals surface area (Å²) >= 11 is 0. The molecule has 0 amide bonds. The van der Waals surface area contributed by atoms with E-state index in [0.717, 1.165) is 37.9 Å². The zero-order chi connectivity index (χ0) is 17.0. The number of rotatable bonds is 9. The standard InChI is InChI=1S/C19H31N3O2/c1-3-23-14-8-13-21-19(20-2)22-15-16-9-4-7-12-18(16)24-17-10-5-6-11-17/h4,7,9,12,17H,3,5-6,8,10-11,13-15H2,1-2H3,(H2,20,21,22). The molecule has 0 heterocycles. The molecule has 2 N–H and O–H groups in total. The predicted octanol–water partition coefficient (Wildman–Crippen LogP) is 3.10. The molecular weight excluding hydrogens is 302 g/mol. The Morgan fingerprint density at radius 1 is 1.21 bits per heavy atom. The van der Waals surface area contributed by atoms with Crippen molar-refractivity contribution in [1.29, 1.82) is 0 Å². The van der Waals surface area contributed by atoms with E-state index in [1.165, 1.54) is 31.2 Å². The smallest absolute Gasteiger partial charge is 0.191 e. The molecular formula is C19H31N3O2. The van der Waals surface area contributed by atoms with Crippen molar-refractivity contribution in [2.24, 2.45) is 4.99 Å². The van der Waals surface area contributed by atoms with E-state index < -0.39 is 0 Å². The molecule has 1 saturated carbocycles. The van der Waals surface area contributed by atoms with Crippen LogP contribution in [0.15, 0.2) is 29.3 Å². The van der Waals surface area contributed by atoms with Gasteiger partial charge in [-0.05, 0) is 45.1 Å². The molecule has 5 nitrogen and oxygen atoms in total. The van der Waals surface area contributed by atoms with Gasteiger partial charge in [-0.1, -0.05) is 18.2 Å². The molecule has 2 rings (SSSR count). The second-order valence-electron chi connectivity index (χ2n) is 6.04. The molecule has 0 aromatic heterocycles. The van der Waals surface area contributed by atoms with Crippen LogP contribution in [0.5, 0.6) is 5.75 Å². The highest BCUT2D eigenvalue weighted by atomic mass is 16.5. The van der Waals surface area contributed by atoms with Crippen LogP contribution < -0.4 is 15.4 Å². The molecule has 0 bridgehead atoms. The number of aliphatic imine (C=N–C) groups is 1. The Morgan fingerprint density at radius 2 is 2.00 bits per heavy atom. The van der Waals surface area contributed by atoms with Crippen LogP contribution in [0.1, 0.15) is 44.6 Å². The Kier molecular flexibility index (Phi) is 8.46. The summed E-state index contributed by atoms with van der Waals surface area (Å²) in [6.07, 6.45) is 6.25. The van der Waals surface area contributed by atoms with E-state index >= 15 is 0 Å². The minimum Gasteiger partial charge on any atom is -0.490 e. The summed E-state index contributed by atoms with van der Waals surface area (Å²) in [7, 11) is 1.79. The van der Waals surface area contributed by atoms with Crippen molar-refractivity contribution in [3.8, 4) is 5.75 Å². The fourth-order valence-corrected chi connectivity index (χ4v) is 2.88. The van der Waals surface area contributed by atoms with E-state index in [0.29, 0.717) is 12.6 Å². The minimum atomic E-state index is 0.377. The molecule has 5 heteroatoms. The summed E-state index contributed by atoms with van der Waals surface area (Å²) in [6.45, 7) is 5.11. The number of nitrogens with zero attached hydrogens (tertiary/aromatic N) is 1. The van der Waals surface area contributed by atoms with Crippen LogP contribution >= 0.6 is 0 Å². The lowest BCUT2D eigenvalue weighted by Gasteiger charge is -2.18. The summed E-state index contributed by atoms with van der Waals surface area (Å²) in [6, 6.07) is 8.26. The second-order valence-corrected chi connectivity index (χ2v) is 6.04. The van der Waals surface area contributed by atoms with Gasteiger partial charge in [0.15, 0.2) is 5.96 Å². The van der Waals surface area contributed by atoms with Crippen LogP contribution in [0, 0.1) is 0 Å². The second kappa shape index (κ2) is 10.9. The van der Waals surface area contributed by atoms with Crippen LogP contribution in [0.4, 0.5) is 0 Å². The number of ether oxygens (including phenoxy) is 2. The van der Waals surface area contributed by atoms with E-state index in [1.807, 2.05) is 13.0 Å². The first-order chi connectivity index (χ1) is 11.8. The third kappa shape index (κ3) is 6.40.